The highest BCUT2D eigenvalue weighted by Gasteiger charge is 2.23. The molecular formula is C23H24BrN3O2S. The highest BCUT2D eigenvalue weighted by molar-refractivity contribution is 9.10. The van der Waals surface area contributed by atoms with E-state index in [0.29, 0.717) is 30.4 Å². The zero-order chi connectivity index (χ0) is 20.9. The second kappa shape index (κ2) is 9.62. The molecule has 2 aromatic carbocycles. The van der Waals surface area contributed by atoms with Gasteiger partial charge in [-0.1, -0.05) is 28.1 Å². The number of hydrogen-bond donors (Lipinski definition) is 1. The topological polar surface area (TPSA) is 54.5 Å². The molecule has 0 radical (unpaired) electrons. The van der Waals surface area contributed by atoms with Gasteiger partial charge in [0.15, 0.2) is 0 Å². The van der Waals surface area contributed by atoms with E-state index in [9.17, 15) is 4.79 Å². The maximum absolute atomic E-state index is 12.6. The highest BCUT2D eigenvalue weighted by Crippen LogP contribution is 2.26. The Hall–Kier alpha value is -2.38. The first-order valence-corrected chi connectivity index (χ1v) is 11.7. The third kappa shape index (κ3) is 5.40. The van der Waals surface area contributed by atoms with Gasteiger partial charge in [-0.25, -0.2) is 4.98 Å². The number of aryl methyl sites for hydroxylation is 1. The second-order valence-corrected chi connectivity index (χ2v) is 9.44. The number of aromatic nitrogens is 1. The number of ether oxygens (including phenoxy) is 1. The summed E-state index contributed by atoms with van der Waals surface area (Å²) in [5.41, 5.74) is 2.74. The maximum Gasteiger partial charge on any atom is 0.251 e. The van der Waals surface area contributed by atoms with Gasteiger partial charge in [0.2, 0.25) is 0 Å². The molecule has 1 unspecified atom stereocenters. The number of rotatable bonds is 7. The number of carbonyl (C=O) groups is 1. The minimum absolute atomic E-state index is 0.0640. The molecule has 1 amide bonds. The Morgan fingerprint density at radius 1 is 1.30 bits per heavy atom. The highest BCUT2D eigenvalue weighted by atomic mass is 79.9. The van der Waals surface area contributed by atoms with Crippen molar-refractivity contribution in [2.75, 3.05) is 24.5 Å². The second-order valence-electron chi connectivity index (χ2n) is 7.46. The van der Waals surface area contributed by atoms with Gasteiger partial charge in [0, 0.05) is 40.7 Å². The van der Waals surface area contributed by atoms with Gasteiger partial charge in [-0.15, -0.1) is 11.3 Å². The van der Waals surface area contributed by atoms with Crippen LogP contribution in [0.25, 0.3) is 0 Å². The number of amides is 1. The fraction of sp³-hybridized carbons (Fsp3) is 0.304. The van der Waals surface area contributed by atoms with Crippen LogP contribution in [0.5, 0.6) is 5.75 Å². The molecule has 2 heterocycles. The molecule has 1 aromatic heterocycles. The summed E-state index contributed by atoms with van der Waals surface area (Å²) in [5, 5.41) is 6.10. The van der Waals surface area contributed by atoms with Crippen molar-refractivity contribution in [3.63, 3.8) is 0 Å². The molecule has 0 spiro atoms. The van der Waals surface area contributed by atoms with Gasteiger partial charge >= 0.3 is 0 Å². The number of anilines is 1. The largest absolute Gasteiger partial charge is 0.487 e. The lowest BCUT2D eigenvalue weighted by molar-refractivity contribution is 0.0947. The zero-order valence-corrected chi connectivity index (χ0v) is 19.2. The molecule has 0 bridgehead atoms. The Labute approximate surface area is 189 Å². The summed E-state index contributed by atoms with van der Waals surface area (Å²) >= 11 is 5.14. The lowest BCUT2D eigenvalue weighted by Crippen LogP contribution is -2.31. The van der Waals surface area contributed by atoms with E-state index in [1.54, 1.807) is 17.4 Å². The monoisotopic (exact) mass is 485 g/mol. The van der Waals surface area contributed by atoms with E-state index < -0.39 is 0 Å². The maximum atomic E-state index is 12.6. The average Bonchev–Trinajstić information content (AvgIpc) is 3.40. The van der Waals surface area contributed by atoms with E-state index in [2.05, 4.69) is 49.3 Å². The van der Waals surface area contributed by atoms with Gasteiger partial charge in [-0.05, 0) is 55.7 Å². The molecule has 1 N–H and O–H groups in total. The van der Waals surface area contributed by atoms with Crippen LogP contribution in [-0.2, 0) is 6.61 Å². The molecule has 3 aromatic rings. The van der Waals surface area contributed by atoms with Crippen LogP contribution in [0.4, 0.5) is 5.69 Å². The van der Waals surface area contributed by atoms with Crippen LogP contribution < -0.4 is 15.0 Å². The molecule has 1 saturated heterocycles. The van der Waals surface area contributed by atoms with Crippen molar-refractivity contribution in [2.45, 2.75) is 20.0 Å². The molecule has 1 atom stereocenters. The van der Waals surface area contributed by atoms with Gasteiger partial charge < -0.3 is 15.0 Å². The minimum atomic E-state index is -0.0640. The molecule has 5 nitrogen and oxygen atoms in total. The van der Waals surface area contributed by atoms with Gasteiger partial charge in [0.1, 0.15) is 12.4 Å². The van der Waals surface area contributed by atoms with E-state index in [0.717, 1.165) is 34.7 Å². The Kier molecular flexibility index (Phi) is 6.69. The first-order valence-electron chi connectivity index (χ1n) is 9.99. The quantitative estimate of drug-likeness (QED) is 0.508. The average molecular weight is 486 g/mol. The summed E-state index contributed by atoms with van der Waals surface area (Å²) in [6, 6.07) is 15.7. The SMILES string of the molecule is Cc1nc(COc2cccc(C(=O)NCC3CCN(c4cccc(Br)c4)C3)c2)cs1. The van der Waals surface area contributed by atoms with Crippen LogP contribution in [0, 0.1) is 12.8 Å². The van der Waals surface area contributed by atoms with E-state index in [1.165, 1.54) is 5.69 Å². The molecular weight excluding hydrogens is 462 g/mol. The molecule has 0 saturated carbocycles. The Morgan fingerprint density at radius 2 is 2.17 bits per heavy atom. The van der Waals surface area contributed by atoms with Crippen molar-refractivity contribution < 1.29 is 9.53 Å². The van der Waals surface area contributed by atoms with Crippen LogP contribution >= 0.6 is 27.3 Å². The third-order valence-electron chi connectivity index (χ3n) is 5.16. The summed E-state index contributed by atoms with van der Waals surface area (Å²) in [6.07, 6.45) is 1.07. The number of thiazole rings is 1. The smallest absolute Gasteiger partial charge is 0.251 e. The Balaban J connectivity index is 1.28. The lowest BCUT2D eigenvalue weighted by Gasteiger charge is -2.19. The number of nitrogens with one attached hydrogen (secondary N) is 1. The van der Waals surface area contributed by atoms with Crippen LogP contribution in [0.15, 0.2) is 58.4 Å². The van der Waals surface area contributed by atoms with Crippen molar-refractivity contribution in [3.05, 3.63) is 74.6 Å². The number of benzene rings is 2. The van der Waals surface area contributed by atoms with Crippen molar-refractivity contribution >= 4 is 38.9 Å². The summed E-state index contributed by atoms with van der Waals surface area (Å²) in [7, 11) is 0. The van der Waals surface area contributed by atoms with Gasteiger partial charge in [0.05, 0.1) is 10.7 Å². The molecule has 0 aliphatic carbocycles. The number of nitrogens with zero attached hydrogens (tertiary/aromatic N) is 2. The predicted octanol–water partition coefficient (Wildman–Crippen LogP) is 5.05. The molecule has 1 aliphatic heterocycles. The standard InChI is InChI=1S/C23H24BrN3O2S/c1-16-26-20(15-30-16)14-29-22-7-2-4-18(10-22)23(28)25-12-17-8-9-27(13-17)21-6-3-5-19(24)11-21/h2-7,10-11,15,17H,8-9,12-14H2,1H3,(H,25,28). The first kappa shape index (κ1) is 20.9. The van der Waals surface area contributed by atoms with Gasteiger partial charge in [-0.3, -0.25) is 4.79 Å². The molecule has 4 rings (SSSR count). The Bertz CT molecular complexity index is 1020. The van der Waals surface area contributed by atoms with Crippen LogP contribution in [0.2, 0.25) is 0 Å². The van der Waals surface area contributed by atoms with Crippen molar-refractivity contribution in [2.24, 2.45) is 5.92 Å². The summed E-state index contributed by atoms with van der Waals surface area (Å²) in [4.78, 5) is 19.4. The zero-order valence-electron chi connectivity index (χ0n) is 16.8. The molecule has 1 fully saturated rings. The molecule has 156 valence electrons. The van der Waals surface area contributed by atoms with E-state index in [1.807, 2.05) is 36.6 Å². The van der Waals surface area contributed by atoms with Crippen molar-refractivity contribution in [1.29, 1.82) is 0 Å². The van der Waals surface area contributed by atoms with Gasteiger partial charge in [0.25, 0.3) is 5.91 Å². The van der Waals surface area contributed by atoms with Crippen LogP contribution in [0.1, 0.15) is 27.5 Å². The van der Waals surface area contributed by atoms with Crippen molar-refractivity contribution in [3.8, 4) is 5.75 Å². The van der Waals surface area contributed by atoms with E-state index in [-0.39, 0.29) is 5.91 Å². The van der Waals surface area contributed by atoms with Gasteiger partial charge in [-0.2, -0.15) is 0 Å². The molecule has 30 heavy (non-hydrogen) atoms. The Morgan fingerprint density at radius 3 is 2.97 bits per heavy atom. The number of halogens is 1. The van der Waals surface area contributed by atoms with E-state index in [4.69, 9.17) is 4.74 Å². The fourth-order valence-electron chi connectivity index (χ4n) is 3.60. The summed E-state index contributed by atoms with van der Waals surface area (Å²) in [6.45, 7) is 5.01. The first-order chi connectivity index (χ1) is 14.6. The van der Waals surface area contributed by atoms with E-state index >= 15 is 0 Å². The van der Waals surface area contributed by atoms with Crippen LogP contribution in [-0.4, -0.2) is 30.5 Å². The summed E-state index contributed by atoms with van der Waals surface area (Å²) in [5.74, 6) is 1.06. The number of hydrogen-bond acceptors (Lipinski definition) is 5. The number of carbonyl (C=O) groups excluding carboxylic acids is 1. The third-order valence-corrected chi connectivity index (χ3v) is 6.48. The molecule has 7 heteroatoms. The van der Waals surface area contributed by atoms with Crippen LogP contribution in [0.3, 0.4) is 0 Å². The fourth-order valence-corrected chi connectivity index (χ4v) is 4.59. The molecule has 1 aliphatic rings. The minimum Gasteiger partial charge on any atom is -0.487 e. The predicted molar refractivity (Wildman–Crippen MR) is 124 cm³/mol. The lowest BCUT2D eigenvalue weighted by atomic mass is 10.1. The normalized spacial score (nSPS) is 15.9. The summed E-state index contributed by atoms with van der Waals surface area (Å²) < 4.78 is 6.89. The van der Waals surface area contributed by atoms with Crippen molar-refractivity contribution in [1.82, 2.24) is 10.3 Å².